The van der Waals surface area contributed by atoms with E-state index < -0.39 is 0 Å². The van der Waals surface area contributed by atoms with Gasteiger partial charge in [0.15, 0.2) is 5.82 Å². The smallest absolute Gasteiger partial charge is 0.167 e. The summed E-state index contributed by atoms with van der Waals surface area (Å²) in [6, 6.07) is 0. The Balaban J connectivity index is 2.12. The first-order chi connectivity index (χ1) is 6.68. The highest BCUT2D eigenvalue weighted by Crippen LogP contribution is 2.28. The number of hydrogen-bond donors (Lipinski definition) is 1. The quantitative estimate of drug-likeness (QED) is 0.742. The molecule has 78 valence electrons. The molecule has 2 rings (SSSR count). The van der Waals surface area contributed by atoms with Crippen LogP contribution in [-0.2, 0) is 0 Å². The van der Waals surface area contributed by atoms with E-state index in [0.29, 0.717) is 17.3 Å². The fourth-order valence-corrected chi connectivity index (χ4v) is 1.99. The van der Waals surface area contributed by atoms with Gasteiger partial charge in [-0.2, -0.15) is 5.10 Å². The van der Waals surface area contributed by atoms with Crippen LogP contribution in [0.5, 0.6) is 0 Å². The van der Waals surface area contributed by atoms with Crippen LogP contribution in [-0.4, -0.2) is 35.2 Å². The second-order valence-corrected chi connectivity index (χ2v) is 4.13. The van der Waals surface area contributed by atoms with Crippen molar-refractivity contribution in [2.45, 2.75) is 25.7 Å². The Bertz CT molecular complexity index is 313. The molecule has 0 spiro atoms. The van der Waals surface area contributed by atoms with Crippen LogP contribution in [0.25, 0.3) is 0 Å². The van der Waals surface area contributed by atoms with E-state index in [1.54, 1.807) is 6.92 Å². The second-order valence-electron chi connectivity index (χ2n) is 4.13. The summed E-state index contributed by atoms with van der Waals surface area (Å²) in [5, 5.41) is 6.75. The maximum absolute atomic E-state index is 13.5. The second kappa shape index (κ2) is 3.69. The first kappa shape index (κ1) is 9.65. The normalized spacial score (nSPS) is 20.2. The summed E-state index contributed by atoms with van der Waals surface area (Å²) >= 11 is 0. The monoisotopic (exact) mass is 197 g/mol. The third kappa shape index (κ3) is 1.66. The van der Waals surface area contributed by atoms with Gasteiger partial charge in [-0.15, -0.1) is 0 Å². The molecule has 1 N–H and O–H groups in total. The van der Waals surface area contributed by atoms with Gasteiger partial charge in [0.1, 0.15) is 5.69 Å². The highest BCUT2D eigenvalue weighted by molar-refractivity contribution is 5.16. The van der Waals surface area contributed by atoms with Crippen molar-refractivity contribution in [3.8, 4) is 0 Å². The molecule has 0 aliphatic carbocycles. The molecule has 1 aromatic rings. The van der Waals surface area contributed by atoms with E-state index in [1.807, 2.05) is 0 Å². The Labute approximate surface area is 83.3 Å². The molecule has 3 nitrogen and oxygen atoms in total. The van der Waals surface area contributed by atoms with Gasteiger partial charge in [-0.05, 0) is 39.9 Å². The molecule has 0 amide bonds. The Morgan fingerprint density at radius 3 is 2.57 bits per heavy atom. The van der Waals surface area contributed by atoms with E-state index in [-0.39, 0.29) is 5.82 Å². The molecule has 0 unspecified atom stereocenters. The van der Waals surface area contributed by atoms with E-state index in [9.17, 15) is 4.39 Å². The van der Waals surface area contributed by atoms with E-state index >= 15 is 0 Å². The lowest BCUT2D eigenvalue weighted by Gasteiger charge is -2.27. The summed E-state index contributed by atoms with van der Waals surface area (Å²) in [6.07, 6.45) is 2.02. The molecule has 14 heavy (non-hydrogen) atoms. The fraction of sp³-hybridized carbons (Fsp3) is 0.700. The zero-order valence-corrected chi connectivity index (χ0v) is 8.68. The van der Waals surface area contributed by atoms with Crippen LogP contribution in [0.4, 0.5) is 4.39 Å². The fourth-order valence-electron chi connectivity index (χ4n) is 1.99. The average Bonchev–Trinajstić information content (AvgIpc) is 2.50. The van der Waals surface area contributed by atoms with Crippen molar-refractivity contribution in [3.05, 3.63) is 17.2 Å². The molecule has 0 bridgehead atoms. The predicted octanol–water partition coefficient (Wildman–Crippen LogP) is 1.67. The number of halogens is 1. The van der Waals surface area contributed by atoms with Crippen molar-refractivity contribution in [2.75, 3.05) is 20.1 Å². The minimum absolute atomic E-state index is 0.139. The van der Waals surface area contributed by atoms with Gasteiger partial charge in [0.25, 0.3) is 0 Å². The highest BCUT2D eigenvalue weighted by atomic mass is 19.1. The largest absolute Gasteiger partial charge is 0.306 e. The van der Waals surface area contributed by atoms with Crippen molar-refractivity contribution in [3.63, 3.8) is 0 Å². The number of hydrogen-bond acceptors (Lipinski definition) is 2. The van der Waals surface area contributed by atoms with Crippen LogP contribution in [0, 0.1) is 12.7 Å². The minimum atomic E-state index is -0.139. The SMILES string of the molecule is Cc1[nH]nc(C2CCN(C)CC2)c1F. The number of likely N-dealkylation sites (tertiary alicyclic amines) is 1. The molecule has 2 heterocycles. The summed E-state index contributed by atoms with van der Waals surface area (Å²) < 4.78 is 13.5. The topological polar surface area (TPSA) is 31.9 Å². The summed E-state index contributed by atoms with van der Waals surface area (Å²) in [5.74, 6) is 0.163. The Morgan fingerprint density at radius 2 is 2.07 bits per heavy atom. The molecule has 0 radical (unpaired) electrons. The summed E-state index contributed by atoms with van der Waals surface area (Å²) in [5.41, 5.74) is 1.19. The van der Waals surface area contributed by atoms with Crippen LogP contribution in [0.1, 0.15) is 30.1 Å². The molecule has 4 heteroatoms. The highest BCUT2D eigenvalue weighted by Gasteiger charge is 2.24. The third-order valence-electron chi connectivity index (χ3n) is 3.00. The molecule has 1 aromatic heterocycles. The molecule has 0 atom stereocenters. The van der Waals surface area contributed by atoms with Gasteiger partial charge >= 0.3 is 0 Å². The average molecular weight is 197 g/mol. The molecular weight excluding hydrogens is 181 g/mol. The lowest BCUT2D eigenvalue weighted by atomic mass is 9.93. The third-order valence-corrected chi connectivity index (χ3v) is 3.00. The van der Waals surface area contributed by atoms with E-state index in [2.05, 4.69) is 22.1 Å². The minimum Gasteiger partial charge on any atom is -0.306 e. The van der Waals surface area contributed by atoms with E-state index in [4.69, 9.17) is 0 Å². The molecule has 0 saturated carbocycles. The van der Waals surface area contributed by atoms with E-state index in [0.717, 1.165) is 25.9 Å². The lowest BCUT2D eigenvalue weighted by molar-refractivity contribution is 0.251. The van der Waals surface area contributed by atoms with Gasteiger partial charge in [-0.1, -0.05) is 0 Å². The number of rotatable bonds is 1. The maximum atomic E-state index is 13.5. The number of nitrogens with one attached hydrogen (secondary N) is 1. The Kier molecular flexibility index (Phi) is 2.54. The lowest BCUT2D eigenvalue weighted by Crippen LogP contribution is -2.29. The van der Waals surface area contributed by atoms with Gasteiger partial charge in [-0.25, -0.2) is 4.39 Å². The van der Waals surface area contributed by atoms with E-state index in [1.165, 1.54) is 0 Å². The summed E-state index contributed by atoms with van der Waals surface area (Å²) in [7, 11) is 2.10. The Morgan fingerprint density at radius 1 is 1.43 bits per heavy atom. The zero-order valence-electron chi connectivity index (χ0n) is 8.68. The molecule has 1 aliphatic heterocycles. The molecule has 0 aromatic carbocycles. The summed E-state index contributed by atoms with van der Waals surface area (Å²) in [4.78, 5) is 2.27. The number of aryl methyl sites for hydroxylation is 1. The summed E-state index contributed by atoms with van der Waals surface area (Å²) in [6.45, 7) is 3.80. The van der Waals surface area contributed by atoms with Crippen molar-refractivity contribution in [1.29, 1.82) is 0 Å². The van der Waals surface area contributed by atoms with Crippen LogP contribution in [0.3, 0.4) is 0 Å². The van der Waals surface area contributed by atoms with Crippen LogP contribution in [0.2, 0.25) is 0 Å². The molecule has 1 fully saturated rings. The molecule has 1 aliphatic rings. The molecular formula is C10H16FN3. The van der Waals surface area contributed by atoms with Crippen molar-refractivity contribution >= 4 is 0 Å². The van der Waals surface area contributed by atoms with Gasteiger partial charge in [0.05, 0.1) is 5.69 Å². The number of aromatic nitrogens is 2. The molecule has 1 saturated heterocycles. The number of nitrogens with zero attached hydrogens (tertiary/aromatic N) is 2. The number of H-pyrrole nitrogens is 1. The predicted molar refractivity (Wildman–Crippen MR) is 52.8 cm³/mol. The zero-order chi connectivity index (χ0) is 10.1. The van der Waals surface area contributed by atoms with Crippen molar-refractivity contribution in [2.24, 2.45) is 0 Å². The number of aromatic amines is 1. The van der Waals surface area contributed by atoms with Gasteiger partial charge < -0.3 is 4.90 Å². The van der Waals surface area contributed by atoms with Gasteiger partial charge in [0, 0.05) is 5.92 Å². The first-order valence-corrected chi connectivity index (χ1v) is 5.07. The van der Waals surface area contributed by atoms with Gasteiger partial charge in [0.2, 0.25) is 0 Å². The van der Waals surface area contributed by atoms with Crippen LogP contribution >= 0.6 is 0 Å². The van der Waals surface area contributed by atoms with Crippen molar-refractivity contribution in [1.82, 2.24) is 15.1 Å². The number of piperidine rings is 1. The van der Waals surface area contributed by atoms with Crippen molar-refractivity contribution < 1.29 is 4.39 Å². The van der Waals surface area contributed by atoms with Gasteiger partial charge in [-0.3, -0.25) is 5.10 Å². The van der Waals surface area contributed by atoms with Crippen LogP contribution < -0.4 is 0 Å². The van der Waals surface area contributed by atoms with Crippen LogP contribution in [0.15, 0.2) is 0 Å². The Hall–Kier alpha value is -0.900. The first-order valence-electron chi connectivity index (χ1n) is 5.07. The maximum Gasteiger partial charge on any atom is 0.167 e. The standard InChI is InChI=1S/C10H16FN3/c1-7-9(11)10(13-12-7)8-3-5-14(2)6-4-8/h8H,3-6H2,1-2H3,(H,12,13).